The number of rotatable bonds is 4. The zero-order valence-electron chi connectivity index (χ0n) is 27.3. The molecule has 0 aliphatic carbocycles. The van der Waals surface area contributed by atoms with Crippen molar-refractivity contribution in [2.75, 3.05) is 5.73 Å². The molecule has 2 rings (SSSR count). The molecule has 0 spiro atoms. The number of cyclic esters (lactones) is 1. The molecule has 1 aliphatic rings. The Morgan fingerprint density at radius 2 is 1.18 bits per heavy atom. The number of benzene rings is 1. The van der Waals surface area contributed by atoms with Gasteiger partial charge in [0, 0.05) is 5.69 Å². The molecule has 0 atom stereocenters. The fraction of sp³-hybridized carbons (Fsp3) is 0.586. The highest BCUT2D eigenvalue weighted by atomic mass is 16.6. The summed E-state index contributed by atoms with van der Waals surface area (Å²) in [5.41, 5.74) is 4.35. The minimum atomic E-state index is -1.04. The number of nitrogen functional groups attached to an aromatic ring is 1. The monoisotopic (exact) mass is 619 g/mol. The Morgan fingerprint density at radius 3 is 1.57 bits per heavy atom. The minimum Gasteiger partial charge on any atom is -0.444 e. The lowest BCUT2D eigenvalue weighted by Gasteiger charge is -2.45. The molecule has 15 nitrogen and oxygen atoms in total. The molecule has 44 heavy (non-hydrogen) atoms. The fourth-order valence-electron chi connectivity index (χ4n) is 3.61. The zero-order chi connectivity index (χ0) is 33.7. The highest BCUT2D eigenvalue weighted by molar-refractivity contribution is 6.04. The van der Waals surface area contributed by atoms with E-state index in [-0.39, 0.29) is 25.0 Å². The van der Waals surface area contributed by atoms with Gasteiger partial charge < -0.3 is 24.7 Å². The van der Waals surface area contributed by atoms with Crippen LogP contribution in [0, 0.1) is 0 Å². The van der Waals surface area contributed by atoms with Crippen LogP contribution in [0.1, 0.15) is 87.3 Å². The summed E-state index contributed by atoms with van der Waals surface area (Å²) in [5, 5.41) is 7.37. The second-order valence-corrected chi connectivity index (χ2v) is 13.4. The lowest BCUT2D eigenvalue weighted by Crippen LogP contribution is -2.67. The van der Waals surface area contributed by atoms with Gasteiger partial charge in [0.05, 0.1) is 13.1 Å². The Hall–Kier alpha value is -4.56. The van der Waals surface area contributed by atoms with Crippen LogP contribution in [-0.4, -0.2) is 63.7 Å². The lowest BCUT2D eigenvalue weighted by molar-refractivity contribution is -0.128. The van der Waals surface area contributed by atoms with Gasteiger partial charge in [-0.3, -0.25) is 16.0 Å². The van der Waals surface area contributed by atoms with Gasteiger partial charge in [-0.25, -0.2) is 34.1 Å². The second kappa shape index (κ2) is 13.4. The predicted molar refractivity (Wildman–Crippen MR) is 164 cm³/mol. The Morgan fingerprint density at radius 1 is 0.773 bits per heavy atom. The molecular formula is C29H45N7O8. The number of anilines is 1. The molecule has 1 aliphatic heterocycles. The number of aliphatic imine (C=N–C) groups is 2. The summed E-state index contributed by atoms with van der Waals surface area (Å²) in [6.07, 6.45) is -3.13. The van der Waals surface area contributed by atoms with E-state index in [4.69, 9.17) is 24.7 Å². The van der Waals surface area contributed by atoms with Gasteiger partial charge >= 0.3 is 24.4 Å². The zero-order valence-corrected chi connectivity index (χ0v) is 27.3. The quantitative estimate of drug-likeness (QED) is 0.159. The number of alkyl carbamates (subject to hydrolysis) is 3. The molecule has 1 aromatic carbocycles. The number of carbonyl (C=O) groups excluding carboxylic acids is 4. The van der Waals surface area contributed by atoms with Crippen molar-refractivity contribution in [3.63, 3.8) is 0 Å². The molecule has 1 saturated heterocycles. The van der Waals surface area contributed by atoms with Gasteiger partial charge in [-0.2, -0.15) is 0 Å². The smallest absolute Gasteiger partial charge is 0.422 e. The number of hydrogen-bond acceptors (Lipinski definition) is 11. The van der Waals surface area contributed by atoms with E-state index in [2.05, 4.69) is 25.9 Å². The van der Waals surface area contributed by atoms with E-state index in [1.807, 2.05) is 0 Å². The van der Waals surface area contributed by atoms with Gasteiger partial charge in [0.1, 0.15) is 16.8 Å². The van der Waals surface area contributed by atoms with Crippen molar-refractivity contribution in [3.8, 4) is 0 Å². The van der Waals surface area contributed by atoms with Gasteiger partial charge in [-0.05, 0) is 99.4 Å². The number of carbonyl (C=O) groups is 4. The van der Waals surface area contributed by atoms with Gasteiger partial charge in [0.25, 0.3) is 0 Å². The van der Waals surface area contributed by atoms with Crippen molar-refractivity contribution in [2.45, 2.75) is 112 Å². The highest BCUT2D eigenvalue weighted by Gasteiger charge is 2.49. The summed E-state index contributed by atoms with van der Waals surface area (Å²) in [6.45, 7) is 18.6. The van der Waals surface area contributed by atoms with E-state index >= 15 is 0 Å². The molecule has 4 amide bonds. The van der Waals surface area contributed by atoms with Crippen molar-refractivity contribution in [3.05, 3.63) is 29.3 Å². The number of ether oxygens (including phenoxy) is 4. The maximum Gasteiger partial charge on any atom is 0.422 e. The number of nitrogens with two attached hydrogens (primary N) is 1. The van der Waals surface area contributed by atoms with Crippen molar-refractivity contribution in [1.82, 2.24) is 20.9 Å². The third-order valence-electron chi connectivity index (χ3n) is 5.03. The van der Waals surface area contributed by atoms with Crippen LogP contribution in [0.3, 0.4) is 0 Å². The van der Waals surface area contributed by atoms with Crippen LogP contribution in [0.4, 0.5) is 24.9 Å². The molecule has 5 N–H and O–H groups in total. The molecule has 244 valence electrons. The first kappa shape index (κ1) is 35.6. The summed E-state index contributed by atoms with van der Waals surface area (Å²) >= 11 is 0. The van der Waals surface area contributed by atoms with Crippen LogP contribution in [0.15, 0.2) is 28.2 Å². The molecule has 0 unspecified atom stereocenters. The molecular weight excluding hydrogens is 574 g/mol. The molecule has 0 saturated carbocycles. The normalized spacial score (nSPS) is 14.8. The molecule has 0 radical (unpaired) electrons. The summed E-state index contributed by atoms with van der Waals surface area (Å²) in [6, 6.07) is 5.07. The highest BCUT2D eigenvalue weighted by Crippen LogP contribution is 2.29. The van der Waals surface area contributed by atoms with E-state index in [9.17, 15) is 19.2 Å². The van der Waals surface area contributed by atoms with E-state index in [0.29, 0.717) is 16.8 Å². The SMILES string of the molecule is CC(C)(C)OC(=O)NC(=NCc1cc(N)cc(CN=C(NC(=O)OC(C)(C)C)N2C(=O)OC2(C)C)c1)NC(=O)OC(C)(C)C. The van der Waals surface area contributed by atoms with Crippen LogP contribution >= 0.6 is 0 Å². The standard InChI is InChI=1S/C29H45N7O8/c1-26(2,3)41-22(37)33-20(34-23(38)42-27(4,5)6)31-15-17-12-18(14-19(30)13-17)16-32-21(35-24(39)43-28(7,8)9)36-25(40)44-29(36,10)11/h12-14H,15-16,30H2,1-11H3,(H,32,35,39)(H2,31,33,34,37,38). The van der Waals surface area contributed by atoms with Crippen LogP contribution in [0.2, 0.25) is 0 Å². The first-order valence-electron chi connectivity index (χ1n) is 13.9. The molecule has 1 aromatic rings. The third kappa shape index (κ3) is 12.4. The predicted octanol–water partition coefficient (Wildman–Crippen LogP) is 4.74. The molecule has 1 heterocycles. The van der Waals surface area contributed by atoms with Gasteiger partial charge in [-0.1, -0.05) is 6.07 Å². The van der Waals surface area contributed by atoms with E-state index in [0.717, 1.165) is 0 Å². The molecule has 0 aromatic heterocycles. The van der Waals surface area contributed by atoms with E-state index in [1.54, 1.807) is 94.4 Å². The van der Waals surface area contributed by atoms with Gasteiger partial charge in [0.15, 0.2) is 5.72 Å². The van der Waals surface area contributed by atoms with Crippen molar-refractivity contribution < 1.29 is 38.1 Å². The summed E-state index contributed by atoms with van der Waals surface area (Å²) in [4.78, 5) is 59.5. The Kier molecular flexibility index (Phi) is 10.8. The number of amides is 4. The average Bonchev–Trinajstić information content (AvgIpc) is 2.76. The van der Waals surface area contributed by atoms with Crippen LogP contribution < -0.4 is 21.7 Å². The Bertz CT molecular complexity index is 1290. The van der Waals surface area contributed by atoms with Crippen LogP contribution in [-0.2, 0) is 32.0 Å². The maximum atomic E-state index is 12.5. The molecule has 15 heteroatoms. The topological polar surface area (TPSA) is 195 Å². The minimum absolute atomic E-state index is 0.00587. The van der Waals surface area contributed by atoms with Gasteiger partial charge in [0.2, 0.25) is 11.9 Å². The summed E-state index contributed by atoms with van der Waals surface area (Å²) in [7, 11) is 0. The molecule has 1 fully saturated rings. The van der Waals surface area contributed by atoms with E-state index < -0.39 is 46.9 Å². The van der Waals surface area contributed by atoms with Crippen LogP contribution in [0.25, 0.3) is 0 Å². The Balaban J connectivity index is 2.32. The second-order valence-electron chi connectivity index (χ2n) is 13.4. The first-order valence-corrected chi connectivity index (χ1v) is 13.9. The lowest BCUT2D eigenvalue weighted by atomic mass is 10.1. The number of nitrogens with one attached hydrogen (secondary N) is 3. The van der Waals surface area contributed by atoms with Gasteiger partial charge in [-0.15, -0.1) is 0 Å². The Labute approximate surface area is 257 Å². The van der Waals surface area contributed by atoms with Crippen molar-refractivity contribution in [2.24, 2.45) is 9.98 Å². The van der Waals surface area contributed by atoms with E-state index in [1.165, 1.54) is 4.90 Å². The number of guanidine groups is 2. The average molecular weight is 620 g/mol. The third-order valence-corrected chi connectivity index (χ3v) is 5.03. The first-order chi connectivity index (χ1) is 19.9. The fourth-order valence-corrected chi connectivity index (χ4v) is 3.61. The largest absolute Gasteiger partial charge is 0.444 e. The van der Waals surface area contributed by atoms with Crippen molar-refractivity contribution >= 4 is 42.0 Å². The summed E-state index contributed by atoms with van der Waals surface area (Å²) < 4.78 is 21.0. The number of nitrogens with zero attached hydrogens (tertiary/aromatic N) is 3. The maximum absolute atomic E-state index is 12.5. The van der Waals surface area contributed by atoms with Crippen molar-refractivity contribution in [1.29, 1.82) is 0 Å². The molecule has 0 bridgehead atoms. The van der Waals surface area contributed by atoms with Crippen LogP contribution in [0.5, 0.6) is 0 Å². The number of hydrogen-bond donors (Lipinski definition) is 4. The summed E-state index contributed by atoms with van der Waals surface area (Å²) in [5.74, 6) is -0.259.